The molecule has 9 aromatic rings. The molecule has 2 heterocycles. The van der Waals surface area contributed by atoms with E-state index in [4.69, 9.17) is 9.97 Å². The fourth-order valence-electron chi connectivity index (χ4n) is 6.61. The summed E-state index contributed by atoms with van der Waals surface area (Å²) in [7, 11) is 0. The Balaban J connectivity index is 1.26. The minimum absolute atomic E-state index is 0.736. The van der Waals surface area contributed by atoms with Crippen LogP contribution in [0.25, 0.3) is 86.7 Å². The van der Waals surface area contributed by atoms with Crippen LogP contribution in [0.1, 0.15) is 0 Å². The molecule has 0 unspecified atom stereocenters. The van der Waals surface area contributed by atoms with Crippen LogP contribution in [0.4, 0.5) is 0 Å². The zero-order chi connectivity index (χ0) is 29.7. The highest BCUT2D eigenvalue weighted by molar-refractivity contribution is 7.25. The lowest BCUT2D eigenvalue weighted by atomic mass is 9.90. The zero-order valence-corrected chi connectivity index (χ0v) is 25.1. The highest BCUT2D eigenvalue weighted by Crippen LogP contribution is 2.43. The summed E-state index contributed by atoms with van der Waals surface area (Å²) in [6, 6.07) is 56.1. The normalized spacial score (nSPS) is 11.6. The van der Waals surface area contributed by atoms with E-state index < -0.39 is 0 Å². The van der Waals surface area contributed by atoms with E-state index in [1.54, 1.807) is 0 Å². The number of fused-ring (bicyclic) bond motifs is 5. The van der Waals surface area contributed by atoms with Crippen molar-refractivity contribution in [2.45, 2.75) is 0 Å². The number of nitrogens with zero attached hydrogens (tertiary/aromatic N) is 2. The maximum absolute atomic E-state index is 5.13. The lowest BCUT2D eigenvalue weighted by molar-refractivity contribution is 1.23. The van der Waals surface area contributed by atoms with Crippen LogP contribution in [0.3, 0.4) is 0 Å². The van der Waals surface area contributed by atoms with E-state index in [0.29, 0.717) is 0 Å². The van der Waals surface area contributed by atoms with E-state index >= 15 is 0 Å². The molecule has 2 nitrogen and oxygen atoms in total. The molecule has 0 amide bonds. The summed E-state index contributed by atoms with van der Waals surface area (Å²) in [6.45, 7) is 0. The highest BCUT2D eigenvalue weighted by Gasteiger charge is 2.17. The fourth-order valence-corrected chi connectivity index (χ4v) is 7.75. The summed E-state index contributed by atoms with van der Waals surface area (Å²) < 4.78 is 2.64. The molecule has 0 atom stereocenters. The number of hydrogen-bond donors (Lipinski definition) is 0. The minimum Gasteiger partial charge on any atom is -0.228 e. The van der Waals surface area contributed by atoms with Crippen molar-refractivity contribution >= 4 is 53.2 Å². The lowest BCUT2D eigenvalue weighted by Crippen LogP contribution is -1.95. The Morgan fingerprint density at radius 1 is 0.378 bits per heavy atom. The quantitative estimate of drug-likeness (QED) is 0.204. The third-order valence-corrected chi connectivity index (χ3v) is 9.84. The summed E-state index contributed by atoms with van der Waals surface area (Å²) in [4.78, 5) is 10.2. The third kappa shape index (κ3) is 4.32. The molecule has 0 aliphatic heterocycles. The molecule has 45 heavy (non-hydrogen) atoms. The van der Waals surface area contributed by atoms with Crippen LogP contribution in [-0.4, -0.2) is 9.97 Å². The van der Waals surface area contributed by atoms with Gasteiger partial charge in [-0.25, -0.2) is 9.97 Å². The van der Waals surface area contributed by atoms with Gasteiger partial charge in [-0.3, -0.25) is 0 Å². The largest absolute Gasteiger partial charge is 0.228 e. The minimum atomic E-state index is 0.736. The monoisotopic (exact) mass is 590 g/mol. The van der Waals surface area contributed by atoms with Gasteiger partial charge in [0.05, 0.1) is 11.2 Å². The van der Waals surface area contributed by atoms with Gasteiger partial charge in [0.2, 0.25) is 0 Å². The molecule has 0 bridgehead atoms. The van der Waals surface area contributed by atoms with Crippen LogP contribution < -0.4 is 0 Å². The van der Waals surface area contributed by atoms with Gasteiger partial charge in [0.25, 0.3) is 0 Å². The predicted octanol–water partition coefficient (Wildman–Crippen LogP) is 11.8. The molecule has 7 aromatic carbocycles. The topological polar surface area (TPSA) is 25.8 Å². The zero-order valence-electron chi connectivity index (χ0n) is 24.3. The van der Waals surface area contributed by atoms with E-state index in [1.807, 2.05) is 35.6 Å². The molecular weight excluding hydrogens is 565 g/mol. The molecule has 0 N–H and O–H groups in total. The predicted molar refractivity (Wildman–Crippen MR) is 192 cm³/mol. The number of benzene rings is 7. The average molecular weight is 591 g/mol. The van der Waals surface area contributed by atoms with Crippen LogP contribution in [-0.2, 0) is 0 Å². The fraction of sp³-hybridized carbons (Fsp3) is 0. The summed E-state index contributed by atoms with van der Waals surface area (Å²) >= 11 is 1.86. The van der Waals surface area contributed by atoms with Crippen molar-refractivity contribution in [3.8, 4) is 44.9 Å². The molecule has 0 aliphatic carbocycles. The summed E-state index contributed by atoms with van der Waals surface area (Å²) in [6.07, 6.45) is 0. The average Bonchev–Trinajstić information content (AvgIpc) is 3.50. The molecule has 3 heteroatoms. The van der Waals surface area contributed by atoms with Crippen molar-refractivity contribution in [2.24, 2.45) is 0 Å². The molecule has 2 aromatic heterocycles. The van der Waals surface area contributed by atoms with E-state index in [0.717, 1.165) is 39.1 Å². The lowest BCUT2D eigenvalue weighted by Gasteiger charge is -2.15. The van der Waals surface area contributed by atoms with Crippen molar-refractivity contribution in [1.29, 1.82) is 0 Å². The number of aromatic nitrogens is 2. The van der Waals surface area contributed by atoms with Crippen molar-refractivity contribution in [3.63, 3.8) is 0 Å². The Hall–Kier alpha value is -5.64. The Morgan fingerprint density at radius 3 is 1.82 bits per heavy atom. The van der Waals surface area contributed by atoms with Gasteiger partial charge in [0.15, 0.2) is 5.82 Å². The molecular formula is C42H26N2S. The van der Waals surface area contributed by atoms with Gasteiger partial charge in [-0.15, -0.1) is 11.3 Å². The molecule has 0 radical (unpaired) electrons. The van der Waals surface area contributed by atoms with E-state index in [1.165, 1.54) is 47.6 Å². The highest BCUT2D eigenvalue weighted by atomic mass is 32.1. The van der Waals surface area contributed by atoms with Crippen LogP contribution >= 0.6 is 11.3 Å². The van der Waals surface area contributed by atoms with Crippen molar-refractivity contribution in [2.75, 3.05) is 0 Å². The summed E-state index contributed by atoms with van der Waals surface area (Å²) in [5.74, 6) is 0.736. The standard InChI is InChI=1S/C42H26N2S/c1-3-12-27(13-4-1)41-36-26-29(22-25-37(36)43-42(44-41)28-14-5-2-6-15-28)30-23-24-33(32-17-8-7-16-31(30)32)34-19-11-21-39-40(34)35-18-9-10-20-38(35)45-39/h1-26H. The van der Waals surface area contributed by atoms with Crippen LogP contribution in [0.15, 0.2) is 158 Å². The smallest absolute Gasteiger partial charge is 0.160 e. The second kappa shape index (κ2) is 10.5. The first-order valence-corrected chi connectivity index (χ1v) is 16.0. The number of hydrogen-bond acceptors (Lipinski definition) is 3. The Bertz CT molecular complexity index is 2530. The van der Waals surface area contributed by atoms with Gasteiger partial charge in [0.1, 0.15) is 0 Å². The summed E-state index contributed by atoms with van der Waals surface area (Å²) in [5.41, 5.74) is 8.85. The van der Waals surface area contributed by atoms with E-state index in [2.05, 4.69) is 133 Å². The van der Waals surface area contributed by atoms with Crippen molar-refractivity contribution in [1.82, 2.24) is 9.97 Å². The van der Waals surface area contributed by atoms with Crippen LogP contribution in [0.5, 0.6) is 0 Å². The number of thiophene rings is 1. The Labute approximate surface area is 264 Å². The summed E-state index contributed by atoms with van der Waals surface area (Å²) in [5, 5.41) is 6.17. The first-order chi connectivity index (χ1) is 22.3. The number of rotatable bonds is 4. The first kappa shape index (κ1) is 25.8. The first-order valence-electron chi connectivity index (χ1n) is 15.2. The van der Waals surface area contributed by atoms with Gasteiger partial charge in [-0.05, 0) is 57.3 Å². The van der Waals surface area contributed by atoms with Crippen molar-refractivity contribution < 1.29 is 0 Å². The van der Waals surface area contributed by atoms with Crippen LogP contribution in [0, 0.1) is 0 Å². The Morgan fingerprint density at radius 2 is 1.02 bits per heavy atom. The molecule has 0 fully saturated rings. The van der Waals surface area contributed by atoms with Crippen LogP contribution in [0.2, 0.25) is 0 Å². The second-order valence-corrected chi connectivity index (χ2v) is 12.4. The maximum atomic E-state index is 5.13. The molecule has 210 valence electrons. The van der Waals surface area contributed by atoms with Gasteiger partial charge >= 0.3 is 0 Å². The van der Waals surface area contributed by atoms with Gasteiger partial charge in [-0.1, -0.05) is 133 Å². The second-order valence-electron chi connectivity index (χ2n) is 11.3. The maximum Gasteiger partial charge on any atom is 0.160 e. The van der Waals surface area contributed by atoms with Gasteiger partial charge in [-0.2, -0.15) is 0 Å². The molecule has 0 aliphatic rings. The Kier molecular flexibility index (Phi) is 6.03. The molecule has 9 rings (SSSR count). The van der Waals surface area contributed by atoms with E-state index in [-0.39, 0.29) is 0 Å². The van der Waals surface area contributed by atoms with Crippen molar-refractivity contribution in [3.05, 3.63) is 158 Å². The molecule has 0 spiro atoms. The van der Waals surface area contributed by atoms with E-state index in [9.17, 15) is 0 Å². The molecule has 0 saturated heterocycles. The van der Waals surface area contributed by atoms with Gasteiger partial charge in [0, 0.05) is 36.7 Å². The third-order valence-electron chi connectivity index (χ3n) is 8.70. The molecule has 0 saturated carbocycles. The SMILES string of the molecule is c1ccc(-c2nc(-c3ccccc3)c3cc(-c4ccc(-c5cccc6sc7ccccc7c56)c5ccccc45)ccc3n2)cc1. The van der Waals surface area contributed by atoms with Gasteiger partial charge < -0.3 is 0 Å².